The summed E-state index contributed by atoms with van der Waals surface area (Å²) in [5, 5.41) is 3.06. The molecule has 0 bridgehead atoms. The van der Waals surface area contributed by atoms with E-state index in [2.05, 4.69) is 5.32 Å². The molecule has 0 aliphatic rings. The Kier molecular flexibility index (Phi) is 4.51. The summed E-state index contributed by atoms with van der Waals surface area (Å²) in [7, 11) is 0. The van der Waals surface area contributed by atoms with Crippen molar-refractivity contribution in [3.8, 4) is 0 Å². The molecule has 0 aromatic heterocycles. The van der Waals surface area contributed by atoms with E-state index in [1.165, 1.54) is 12.1 Å². The number of benzene rings is 2. The summed E-state index contributed by atoms with van der Waals surface area (Å²) in [4.78, 5) is 12.2. The lowest BCUT2D eigenvalue weighted by atomic mass is 10.0. The highest BCUT2D eigenvalue weighted by atomic mass is 19.1. The van der Waals surface area contributed by atoms with Crippen molar-refractivity contribution >= 4 is 11.5 Å². The number of hydrogen-bond donors (Lipinski definition) is 1. The Labute approximate surface area is 118 Å². The zero-order valence-electron chi connectivity index (χ0n) is 11.7. The maximum atomic E-state index is 13.0. The average Bonchev–Trinajstić information content (AvgIpc) is 2.41. The molecule has 0 spiro atoms. The van der Waals surface area contributed by atoms with Crippen LogP contribution in [0.2, 0.25) is 0 Å². The van der Waals surface area contributed by atoms with E-state index in [0.29, 0.717) is 18.7 Å². The van der Waals surface area contributed by atoms with E-state index in [4.69, 9.17) is 0 Å². The predicted octanol–water partition coefficient (Wildman–Crippen LogP) is 4.13. The number of halogens is 1. The predicted molar refractivity (Wildman–Crippen MR) is 79.8 cm³/mol. The quantitative estimate of drug-likeness (QED) is 0.828. The normalized spacial score (nSPS) is 10.3. The summed E-state index contributed by atoms with van der Waals surface area (Å²) in [6.07, 6.45) is 0.390. The molecule has 0 aliphatic heterocycles. The third-order valence-electron chi connectivity index (χ3n) is 3.20. The van der Waals surface area contributed by atoms with Crippen LogP contribution in [0.5, 0.6) is 0 Å². The van der Waals surface area contributed by atoms with Crippen molar-refractivity contribution < 1.29 is 9.18 Å². The van der Waals surface area contributed by atoms with Crippen LogP contribution in [0.1, 0.15) is 27.9 Å². The van der Waals surface area contributed by atoms with Crippen molar-refractivity contribution in [2.75, 3.05) is 11.9 Å². The molecule has 20 heavy (non-hydrogen) atoms. The van der Waals surface area contributed by atoms with Gasteiger partial charge < -0.3 is 5.32 Å². The molecule has 2 aromatic carbocycles. The lowest BCUT2D eigenvalue weighted by Gasteiger charge is -2.08. The molecule has 0 saturated carbocycles. The van der Waals surface area contributed by atoms with Gasteiger partial charge in [0.25, 0.3) is 0 Å². The van der Waals surface area contributed by atoms with E-state index in [9.17, 15) is 9.18 Å². The highest BCUT2D eigenvalue weighted by Gasteiger charge is 2.08. The first-order chi connectivity index (χ1) is 9.56. The molecule has 0 saturated heterocycles. The van der Waals surface area contributed by atoms with Gasteiger partial charge in [0.2, 0.25) is 0 Å². The number of nitrogens with one attached hydrogen (secondary N) is 1. The Morgan fingerprint density at radius 3 is 2.70 bits per heavy atom. The second-order valence-electron chi connectivity index (χ2n) is 4.93. The summed E-state index contributed by atoms with van der Waals surface area (Å²) in [5.41, 5.74) is 3.54. The monoisotopic (exact) mass is 271 g/mol. The summed E-state index contributed by atoms with van der Waals surface area (Å²) < 4.78 is 13.0. The minimum absolute atomic E-state index is 0.107. The third kappa shape index (κ3) is 3.67. The van der Waals surface area contributed by atoms with Gasteiger partial charge in [-0.25, -0.2) is 4.39 Å². The van der Waals surface area contributed by atoms with Crippen LogP contribution in [0.3, 0.4) is 0 Å². The minimum atomic E-state index is -0.282. The minimum Gasteiger partial charge on any atom is -0.385 e. The fraction of sp³-hybridized carbons (Fsp3) is 0.235. The van der Waals surface area contributed by atoms with E-state index in [1.54, 1.807) is 12.1 Å². The van der Waals surface area contributed by atoms with Crippen LogP contribution in [0.15, 0.2) is 42.5 Å². The van der Waals surface area contributed by atoms with Gasteiger partial charge in [0, 0.05) is 24.2 Å². The van der Waals surface area contributed by atoms with Crippen molar-refractivity contribution in [2.45, 2.75) is 20.3 Å². The number of carbonyl (C=O) groups excluding carboxylic acids is 1. The van der Waals surface area contributed by atoms with Gasteiger partial charge in [-0.3, -0.25) is 4.79 Å². The second kappa shape index (κ2) is 6.33. The van der Waals surface area contributed by atoms with Crippen molar-refractivity contribution in [3.05, 3.63) is 65.0 Å². The molecular formula is C17H18FNO. The molecular weight excluding hydrogens is 253 g/mol. The number of carbonyl (C=O) groups is 1. The van der Waals surface area contributed by atoms with E-state index >= 15 is 0 Å². The summed E-state index contributed by atoms with van der Waals surface area (Å²) >= 11 is 0. The van der Waals surface area contributed by atoms with Gasteiger partial charge in [-0.15, -0.1) is 0 Å². The molecule has 0 heterocycles. The van der Waals surface area contributed by atoms with E-state index < -0.39 is 0 Å². The summed E-state index contributed by atoms with van der Waals surface area (Å²) in [5.74, 6) is -0.175. The van der Waals surface area contributed by atoms with E-state index in [0.717, 1.165) is 16.7 Å². The van der Waals surface area contributed by atoms with Crippen LogP contribution < -0.4 is 5.32 Å². The van der Waals surface area contributed by atoms with Gasteiger partial charge >= 0.3 is 0 Å². The van der Waals surface area contributed by atoms with Crippen molar-refractivity contribution in [3.63, 3.8) is 0 Å². The van der Waals surface area contributed by atoms with Gasteiger partial charge in [-0.2, -0.15) is 0 Å². The molecule has 2 nitrogen and oxygen atoms in total. The fourth-order valence-corrected chi connectivity index (χ4v) is 2.09. The molecule has 0 aliphatic carbocycles. The van der Waals surface area contributed by atoms with Crippen molar-refractivity contribution in [2.24, 2.45) is 0 Å². The number of Topliss-reactive ketones (excluding diaryl/α,β-unsaturated/α-hetero) is 1. The molecule has 1 N–H and O–H groups in total. The molecule has 0 radical (unpaired) electrons. The van der Waals surface area contributed by atoms with Crippen LogP contribution in [-0.2, 0) is 0 Å². The number of aryl methyl sites for hydroxylation is 2. The number of rotatable bonds is 5. The number of anilines is 1. The maximum Gasteiger partial charge on any atom is 0.164 e. The van der Waals surface area contributed by atoms with Crippen LogP contribution in [0.25, 0.3) is 0 Å². The SMILES string of the molecule is Cc1ccc(C)c(C(=O)CCNc2cccc(F)c2)c1. The van der Waals surface area contributed by atoms with E-state index in [-0.39, 0.29) is 11.6 Å². The first kappa shape index (κ1) is 14.3. The molecule has 104 valence electrons. The first-order valence-corrected chi connectivity index (χ1v) is 6.66. The average molecular weight is 271 g/mol. The Morgan fingerprint density at radius 1 is 1.15 bits per heavy atom. The Bertz CT molecular complexity index is 622. The van der Waals surface area contributed by atoms with Crippen LogP contribution in [0, 0.1) is 19.7 Å². The molecule has 0 amide bonds. The Hall–Kier alpha value is -2.16. The summed E-state index contributed by atoms with van der Waals surface area (Å²) in [6, 6.07) is 12.1. The van der Waals surface area contributed by atoms with Gasteiger partial charge in [0.05, 0.1) is 0 Å². The standard InChI is InChI=1S/C17H18FNO/c1-12-6-7-13(2)16(10-12)17(20)8-9-19-15-5-3-4-14(18)11-15/h3-7,10-11,19H,8-9H2,1-2H3. The van der Waals surface area contributed by atoms with Gasteiger partial charge in [0.15, 0.2) is 5.78 Å². The second-order valence-corrected chi connectivity index (χ2v) is 4.93. The topological polar surface area (TPSA) is 29.1 Å². The number of ketones is 1. The Morgan fingerprint density at radius 2 is 1.95 bits per heavy atom. The Balaban J connectivity index is 1.94. The zero-order chi connectivity index (χ0) is 14.5. The lowest BCUT2D eigenvalue weighted by molar-refractivity contribution is 0.0986. The van der Waals surface area contributed by atoms with Crippen LogP contribution in [0.4, 0.5) is 10.1 Å². The van der Waals surface area contributed by atoms with Crippen molar-refractivity contribution in [1.29, 1.82) is 0 Å². The van der Waals surface area contributed by atoms with E-state index in [1.807, 2.05) is 32.0 Å². The molecule has 0 unspecified atom stereocenters. The third-order valence-corrected chi connectivity index (χ3v) is 3.20. The fourth-order valence-electron chi connectivity index (χ4n) is 2.09. The molecule has 2 aromatic rings. The number of hydrogen-bond acceptors (Lipinski definition) is 2. The molecule has 0 fully saturated rings. The summed E-state index contributed by atoms with van der Waals surface area (Å²) in [6.45, 7) is 4.41. The van der Waals surface area contributed by atoms with Gasteiger partial charge in [0.1, 0.15) is 5.82 Å². The van der Waals surface area contributed by atoms with Crippen LogP contribution >= 0.6 is 0 Å². The zero-order valence-corrected chi connectivity index (χ0v) is 11.7. The first-order valence-electron chi connectivity index (χ1n) is 6.66. The highest BCUT2D eigenvalue weighted by molar-refractivity contribution is 5.97. The van der Waals surface area contributed by atoms with Gasteiger partial charge in [-0.1, -0.05) is 23.8 Å². The van der Waals surface area contributed by atoms with Crippen LogP contribution in [-0.4, -0.2) is 12.3 Å². The largest absolute Gasteiger partial charge is 0.385 e. The molecule has 0 atom stereocenters. The molecule has 2 rings (SSSR count). The maximum absolute atomic E-state index is 13.0. The molecule has 3 heteroatoms. The lowest BCUT2D eigenvalue weighted by Crippen LogP contribution is -2.10. The van der Waals surface area contributed by atoms with Gasteiger partial charge in [-0.05, 0) is 43.7 Å². The smallest absolute Gasteiger partial charge is 0.164 e. The highest BCUT2D eigenvalue weighted by Crippen LogP contribution is 2.14. The van der Waals surface area contributed by atoms with Crippen molar-refractivity contribution in [1.82, 2.24) is 0 Å².